The minimum Gasteiger partial charge on any atom is -0.460 e. The van der Waals surface area contributed by atoms with Crippen LogP contribution in [0, 0.1) is 0 Å². The van der Waals surface area contributed by atoms with Crippen molar-refractivity contribution in [3.05, 3.63) is 35.9 Å². The van der Waals surface area contributed by atoms with E-state index in [0.29, 0.717) is 13.1 Å². The van der Waals surface area contributed by atoms with Gasteiger partial charge in [-0.2, -0.15) is 4.99 Å². The highest BCUT2D eigenvalue weighted by Gasteiger charge is 2.26. The summed E-state index contributed by atoms with van der Waals surface area (Å²) in [4.78, 5) is 17.8. The fraction of sp³-hybridized carbons (Fsp3) is 0.444. The van der Waals surface area contributed by atoms with Gasteiger partial charge in [-0.05, 0) is 44.9 Å². The SMILES string of the molecule is CC(C)(C)OC(=O)N1CCN(Sc2ccc([NH+]=C(O)/C=C\Cl)cc2)CC1. The average molecular weight is 399 g/mol. The van der Waals surface area contributed by atoms with Gasteiger partial charge in [-0.25, -0.2) is 9.10 Å². The quantitative estimate of drug-likeness (QED) is 0.463. The lowest BCUT2D eigenvalue weighted by Gasteiger charge is -2.34. The number of hydrogen-bond acceptors (Lipinski definition) is 4. The highest BCUT2D eigenvalue weighted by molar-refractivity contribution is 7.97. The number of aliphatic hydroxyl groups excluding tert-OH is 1. The molecule has 2 rings (SSSR count). The first-order valence-corrected chi connectivity index (χ1v) is 9.58. The zero-order valence-electron chi connectivity index (χ0n) is 15.2. The monoisotopic (exact) mass is 398 g/mol. The van der Waals surface area contributed by atoms with Crippen LogP contribution in [0.2, 0.25) is 0 Å². The molecule has 0 aliphatic carbocycles. The summed E-state index contributed by atoms with van der Waals surface area (Å²) in [5.74, 6) is -0.0151. The molecule has 0 bridgehead atoms. The molecule has 1 aliphatic rings. The van der Waals surface area contributed by atoms with Crippen molar-refractivity contribution < 1.29 is 19.6 Å². The van der Waals surface area contributed by atoms with Gasteiger partial charge < -0.3 is 14.7 Å². The van der Waals surface area contributed by atoms with E-state index in [9.17, 15) is 9.90 Å². The number of ether oxygens (including phenoxy) is 1. The molecule has 1 amide bonds. The second kappa shape index (κ2) is 9.30. The maximum absolute atomic E-state index is 12.1. The molecular weight excluding hydrogens is 374 g/mol. The molecule has 142 valence electrons. The molecule has 0 spiro atoms. The molecule has 1 fully saturated rings. The molecule has 1 heterocycles. The van der Waals surface area contributed by atoms with Crippen LogP contribution in [0.5, 0.6) is 0 Å². The lowest BCUT2D eigenvalue weighted by atomic mass is 10.2. The van der Waals surface area contributed by atoms with E-state index in [4.69, 9.17) is 16.3 Å². The van der Waals surface area contributed by atoms with Crippen molar-refractivity contribution in [3.8, 4) is 0 Å². The van der Waals surface area contributed by atoms with E-state index in [1.807, 2.05) is 45.0 Å². The highest BCUT2D eigenvalue weighted by atomic mass is 35.5. The number of nitrogens with one attached hydrogen (secondary N) is 1. The van der Waals surface area contributed by atoms with E-state index in [1.54, 1.807) is 16.8 Å². The highest BCUT2D eigenvalue weighted by Crippen LogP contribution is 2.24. The van der Waals surface area contributed by atoms with Crippen molar-refractivity contribution in [3.63, 3.8) is 0 Å². The topological polar surface area (TPSA) is 67.0 Å². The number of amides is 1. The van der Waals surface area contributed by atoms with Crippen molar-refractivity contribution >= 4 is 41.2 Å². The van der Waals surface area contributed by atoms with Gasteiger partial charge in [-0.3, -0.25) is 0 Å². The Bertz CT molecular complexity index is 663. The number of halogens is 1. The van der Waals surface area contributed by atoms with Crippen LogP contribution >= 0.6 is 23.5 Å². The third-order valence-corrected chi connectivity index (χ3v) is 4.70. The Balaban J connectivity index is 1.84. The number of aliphatic hydroxyl groups is 1. The smallest absolute Gasteiger partial charge is 0.410 e. The first-order valence-electron chi connectivity index (χ1n) is 8.37. The minimum absolute atomic E-state index is 0.0151. The predicted molar refractivity (Wildman–Crippen MR) is 105 cm³/mol. The third-order valence-electron chi connectivity index (χ3n) is 3.47. The van der Waals surface area contributed by atoms with E-state index in [0.717, 1.165) is 23.7 Å². The number of benzene rings is 1. The maximum atomic E-state index is 12.1. The van der Waals surface area contributed by atoms with Crippen molar-refractivity contribution in [1.82, 2.24) is 9.21 Å². The van der Waals surface area contributed by atoms with Crippen LogP contribution in [0.15, 0.2) is 40.8 Å². The maximum Gasteiger partial charge on any atom is 0.410 e. The number of carbonyl (C=O) groups is 1. The molecule has 1 saturated heterocycles. The van der Waals surface area contributed by atoms with Crippen LogP contribution in [0.3, 0.4) is 0 Å². The second-order valence-corrected chi connectivity index (χ2v) is 8.24. The van der Waals surface area contributed by atoms with Crippen LogP contribution in [-0.4, -0.2) is 58.1 Å². The summed E-state index contributed by atoms with van der Waals surface area (Å²) in [6.07, 6.45) is 1.12. The summed E-state index contributed by atoms with van der Waals surface area (Å²) >= 11 is 7.07. The van der Waals surface area contributed by atoms with Gasteiger partial charge in [0.25, 0.3) is 0 Å². The molecule has 1 aliphatic heterocycles. The van der Waals surface area contributed by atoms with E-state index in [2.05, 4.69) is 9.30 Å². The molecule has 1 aromatic carbocycles. The predicted octanol–water partition coefficient (Wildman–Crippen LogP) is 2.67. The molecule has 8 heteroatoms. The van der Waals surface area contributed by atoms with Crippen LogP contribution in [0.4, 0.5) is 10.5 Å². The molecule has 6 nitrogen and oxygen atoms in total. The average Bonchev–Trinajstić information content (AvgIpc) is 2.56. The van der Waals surface area contributed by atoms with Gasteiger partial charge in [-0.15, -0.1) is 0 Å². The van der Waals surface area contributed by atoms with Crippen molar-refractivity contribution in [2.45, 2.75) is 31.3 Å². The van der Waals surface area contributed by atoms with E-state index in [-0.39, 0.29) is 12.0 Å². The summed E-state index contributed by atoms with van der Waals surface area (Å²) in [5.41, 5.74) is 1.55. The normalized spacial score (nSPS) is 16.9. The third kappa shape index (κ3) is 6.90. The molecule has 2 N–H and O–H groups in total. The largest absolute Gasteiger partial charge is 0.460 e. The number of nitrogens with zero attached hydrogens (tertiary/aromatic N) is 2. The molecule has 0 saturated carbocycles. The Morgan fingerprint density at radius 2 is 1.85 bits per heavy atom. The Morgan fingerprint density at radius 1 is 1.23 bits per heavy atom. The van der Waals surface area contributed by atoms with Gasteiger partial charge >= 0.3 is 12.0 Å². The molecule has 0 radical (unpaired) electrons. The standard InChI is InChI=1S/C18H24ClN3O3S/c1-18(2,3)25-17(24)21-10-12-22(13-11-21)26-15-6-4-14(5-7-15)20-16(23)8-9-19/h4-9H,10-13H2,1-3H3,(H,20,23)/p+1/b9-8-. The van der Waals surface area contributed by atoms with E-state index < -0.39 is 5.60 Å². The lowest BCUT2D eigenvalue weighted by Crippen LogP contribution is -2.65. The van der Waals surface area contributed by atoms with Crippen LogP contribution in [0.25, 0.3) is 0 Å². The van der Waals surface area contributed by atoms with Gasteiger partial charge in [0.05, 0.1) is 6.08 Å². The zero-order chi connectivity index (χ0) is 19.2. The minimum atomic E-state index is -0.468. The number of piperazine rings is 1. The second-order valence-electron chi connectivity index (χ2n) is 6.81. The van der Waals surface area contributed by atoms with Gasteiger partial charge in [0.1, 0.15) is 5.60 Å². The molecule has 1 aromatic rings. The summed E-state index contributed by atoms with van der Waals surface area (Å²) in [6, 6.07) is 7.73. The van der Waals surface area contributed by atoms with Crippen LogP contribution < -0.4 is 4.99 Å². The summed E-state index contributed by atoms with van der Waals surface area (Å²) < 4.78 is 7.64. The Hall–Kier alpha value is -1.70. The Labute approximate surface area is 163 Å². The van der Waals surface area contributed by atoms with Crippen LogP contribution in [0.1, 0.15) is 20.8 Å². The number of rotatable bonds is 4. The van der Waals surface area contributed by atoms with Gasteiger partial charge in [0, 0.05) is 48.7 Å². The first-order chi connectivity index (χ1) is 12.3. The van der Waals surface area contributed by atoms with Gasteiger partial charge in [0.15, 0.2) is 0 Å². The van der Waals surface area contributed by atoms with Crippen molar-refractivity contribution in [1.29, 1.82) is 0 Å². The van der Waals surface area contributed by atoms with Gasteiger partial charge in [-0.1, -0.05) is 11.6 Å². The fourth-order valence-electron chi connectivity index (χ4n) is 2.29. The fourth-order valence-corrected chi connectivity index (χ4v) is 3.31. The summed E-state index contributed by atoms with van der Waals surface area (Å²) in [7, 11) is 0. The van der Waals surface area contributed by atoms with Crippen molar-refractivity contribution in [2.75, 3.05) is 26.2 Å². The molecular formula is C18H25ClN3O3S+. The van der Waals surface area contributed by atoms with Crippen molar-refractivity contribution in [2.24, 2.45) is 0 Å². The Morgan fingerprint density at radius 3 is 2.38 bits per heavy atom. The lowest BCUT2D eigenvalue weighted by molar-refractivity contribution is -0.364. The molecule has 0 unspecified atom stereocenters. The van der Waals surface area contributed by atoms with Crippen LogP contribution in [-0.2, 0) is 4.74 Å². The number of hydrogen-bond donors (Lipinski definition) is 2. The molecule has 26 heavy (non-hydrogen) atoms. The zero-order valence-corrected chi connectivity index (χ0v) is 16.8. The summed E-state index contributed by atoms with van der Waals surface area (Å²) in [6.45, 7) is 8.47. The van der Waals surface area contributed by atoms with Gasteiger partial charge in [0.2, 0.25) is 5.69 Å². The summed E-state index contributed by atoms with van der Waals surface area (Å²) in [5, 5.41) is 9.55. The number of carbonyl (C=O) groups excluding carboxylic acids is 1. The molecule has 0 aromatic heterocycles. The molecule has 0 atom stereocenters. The van der Waals surface area contributed by atoms with E-state index >= 15 is 0 Å². The first kappa shape index (κ1) is 20.6. The van der Waals surface area contributed by atoms with E-state index in [1.165, 1.54) is 11.6 Å². The Kier molecular flexibility index (Phi) is 7.37.